The first-order valence-corrected chi connectivity index (χ1v) is 7.60. The van der Waals surface area contributed by atoms with Gasteiger partial charge < -0.3 is 5.73 Å². The highest BCUT2D eigenvalue weighted by molar-refractivity contribution is 6.30. The van der Waals surface area contributed by atoms with E-state index < -0.39 is 0 Å². The van der Waals surface area contributed by atoms with Crippen LogP contribution in [0.25, 0.3) is 11.1 Å². The van der Waals surface area contributed by atoms with E-state index >= 15 is 0 Å². The van der Waals surface area contributed by atoms with Crippen LogP contribution in [-0.2, 0) is 0 Å². The molecule has 0 saturated carbocycles. The minimum atomic E-state index is 0.564. The van der Waals surface area contributed by atoms with Crippen LogP contribution in [0, 0.1) is 6.92 Å². The highest BCUT2D eigenvalue weighted by Gasteiger charge is 2.09. The highest BCUT2D eigenvalue weighted by atomic mass is 35.5. The van der Waals surface area contributed by atoms with Gasteiger partial charge in [0, 0.05) is 5.02 Å². The lowest BCUT2D eigenvalue weighted by Gasteiger charge is -2.15. The monoisotopic (exact) mass is 287 g/mol. The van der Waals surface area contributed by atoms with Gasteiger partial charge in [-0.05, 0) is 66.6 Å². The molecule has 2 aromatic rings. The Bertz CT molecular complexity index is 560. The maximum Gasteiger partial charge on any atom is 0.0412 e. The lowest BCUT2D eigenvalue weighted by molar-refractivity contribution is 0.614. The number of rotatable bonds is 5. The summed E-state index contributed by atoms with van der Waals surface area (Å²) in [6.07, 6.45) is 2.18. The lowest BCUT2D eigenvalue weighted by Crippen LogP contribution is -2.06. The number of hydrogen-bond donors (Lipinski definition) is 1. The summed E-state index contributed by atoms with van der Waals surface area (Å²) < 4.78 is 0. The fraction of sp³-hybridized carbons (Fsp3) is 0.333. The maximum atomic E-state index is 6.10. The Labute approximate surface area is 126 Å². The average molecular weight is 288 g/mol. The molecule has 0 fully saturated rings. The van der Waals surface area contributed by atoms with Gasteiger partial charge in [0.15, 0.2) is 0 Å². The molecular weight excluding hydrogens is 266 g/mol. The van der Waals surface area contributed by atoms with E-state index in [4.69, 9.17) is 17.3 Å². The van der Waals surface area contributed by atoms with Gasteiger partial charge in [-0.2, -0.15) is 0 Å². The van der Waals surface area contributed by atoms with E-state index in [9.17, 15) is 0 Å². The third kappa shape index (κ3) is 3.41. The first-order chi connectivity index (χ1) is 9.65. The topological polar surface area (TPSA) is 26.0 Å². The van der Waals surface area contributed by atoms with Crippen LogP contribution in [0.15, 0.2) is 42.5 Å². The predicted octanol–water partition coefficient (Wildman–Crippen LogP) is 5.16. The molecule has 0 aliphatic heterocycles. The van der Waals surface area contributed by atoms with Crippen LogP contribution >= 0.6 is 11.6 Å². The summed E-state index contributed by atoms with van der Waals surface area (Å²) in [5.41, 5.74) is 10.7. The lowest BCUT2D eigenvalue weighted by atomic mass is 9.91. The maximum absolute atomic E-state index is 6.10. The Morgan fingerprint density at radius 3 is 2.40 bits per heavy atom. The summed E-state index contributed by atoms with van der Waals surface area (Å²) in [5.74, 6) is 0.564. The zero-order valence-corrected chi connectivity index (χ0v) is 13.0. The zero-order chi connectivity index (χ0) is 14.5. The molecule has 20 heavy (non-hydrogen) atoms. The van der Waals surface area contributed by atoms with Crippen molar-refractivity contribution in [3.05, 3.63) is 58.6 Å². The molecule has 2 heteroatoms. The summed E-state index contributed by atoms with van der Waals surface area (Å²) in [6, 6.07) is 14.8. The van der Waals surface area contributed by atoms with E-state index in [1.807, 2.05) is 12.1 Å². The van der Waals surface area contributed by atoms with E-state index in [-0.39, 0.29) is 0 Å². The molecule has 2 N–H and O–H groups in total. The SMILES string of the molecule is CCC(CCN)c1ccc(-c2cc(Cl)ccc2C)cc1. The molecule has 0 saturated heterocycles. The van der Waals surface area contributed by atoms with Crippen LogP contribution in [-0.4, -0.2) is 6.54 Å². The molecule has 0 aliphatic carbocycles. The van der Waals surface area contributed by atoms with Crippen LogP contribution in [0.4, 0.5) is 0 Å². The van der Waals surface area contributed by atoms with Crippen LogP contribution in [0.1, 0.15) is 36.8 Å². The van der Waals surface area contributed by atoms with E-state index in [2.05, 4.69) is 44.2 Å². The van der Waals surface area contributed by atoms with Crippen molar-refractivity contribution in [1.29, 1.82) is 0 Å². The third-order valence-electron chi connectivity index (χ3n) is 3.90. The van der Waals surface area contributed by atoms with Crippen molar-refractivity contribution < 1.29 is 0 Å². The minimum absolute atomic E-state index is 0.564. The third-order valence-corrected chi connectivity index (χ3v) is 4.14. The quantitative estimate of drug-likeness (QED) is 0.808. The Kier molecular flexibility index (Phi) is 5.22. The fourth-order valence-electron chi connectivity index (χ4n) is 2.65. The molecule has 0 heterocycles. The van der Waals surface area contributed by atoms with Gasteiger partial charge in [0.1, 0.15) is 0 Å². The van der Waals surface area contributed by atoms with E-state index in [1.54, 1.807) is 0 Å². The summed E-state index contributed by atoms with van der Waals surface area (Å²) in [5, 5.41) is 0.782. The van der Waals surface area contributed by atoms with Crippen molar-refractivity contribution in [2.75, 3.05) is 6.54 Å². The molecule has 2 aromatic carbocycles. The molecule has 0 bridgehead atoms. The van der Waals surface area contributed by atoms with Crippen LogP contribution in [0.2, 0.25) is 5.02 Å². The zero-order valence-electron chi connectivity index (χ0n) is 12.2. The van der Waals surface area contributed by atoms with E-state index in [0.29, 0.717) is 5.92 Å². The van der Waals surface area contributed by atoms with Gasteiger partial charge in [-0.25, -0.2) is 0 Å². The van der Waals surface area contributed by atoms with E-state index in [1.165, 1.54) is 22.3 Å². The molecule has 1 nitrogen and oxygen atoms in total. The molecule has 0 aromatic heterocycles. The van der Waals surface area contributed by atoms with Gasteiger partial charge >= 0.3 is 0 Å². The van der Waals surface area contributed by atoms with Crippen molar-refractivity contribution in [2.24, 2.45) is 5.73 Å². The summed E-state index contributed by atoms with van der Waals surface area (Å²) in [6.45, 7) is 5.08. The van der Waals surface area contributed by atoms with Crippen molar-refractivity contribution >= 4 is 11.6 Å². The molecular formula is C18H22ClN. The molecule has 0 spiro atoms. The summed E-state index contributed by atoms with van der Waals surface area (Å²) >= 11 is 6.10. The van der Waals surface area contributed by atoms with Crippen LogP contribution in [0.5, 0.6) is 0 Å². The molecule has 2 rings (SSSR count). The Balaban J connectivity index is 2.30. The molecule has 1 unspecified atom stereocenters. The van der Waals surface area contributed by atoms with Crippen molar-refractivity contribution in [2.45, 2.75) is 32.6 Å². The first kappa shape index (κ1) is 15.1. The Morgan fingerprint density at radius 2 is 1.80 bits per heavy atom. The molecule has 0 aliphatic rings. The fourth-order valence-corrected chi connectivity index (χ4v) is 2.82. The molecule has 0 radical (unpaired) electrons. The van der Waals surface area contributed by atoms with Crippen LogP contribution < -0.4 is 5.73 Å². The highest BCUT2D eigenvalue weighted by Crippen LogP contribution is 2.29. The molecule has 1 atom stereocenters. The van der Waals surface area contributed by atoms with Crippen molar-refractivity contribution in [1.82, 2.24) is 0 Å². The smallest absolute Gasteiger partial charge is 0.0412 e. The first-order valence-electron chi connectivity index (χ1n) is 7.22. The minimum Gasteiger partial charge on any atom is -0.330 e. The van der Waals surface area contributed by atoms with Gasteiger partial charge in [-0.3, -0.25) is 0 Å². The van der Waals surface area contributed by atoms with Crippen LogP contribution in [0.3, 0.4) is 0 Å². The van der Waals surface area contributed by atoms with E-state index in [0.717, 1.165) is 24.4 Å². The van der Waals surface area contributed by atoms with Gasteiger partial charge in [0.25, 0.3) is 0 Å². The summed E-state index contributed by atoms with van der Waals surface area (Å²) in [4.78, 5) is 0. The number of benzene rings is 2. The van der Waals surface area contributed by atoms with Gasteiger partial charge in [-0.15, -0.1) is 0 Å². The number of nitrogens with two attached hydrogens (primary N) is 1. The van der Waals surface area contributed by atoms with Crippen molar-refractivity contribution in [3.63, 3.8) is 0 Å². The normalized spacial score (nSPS) is 12.4. The number of hydrogen-bond acceptors (Lipinski definition) is 1. The molecule has 106 valence electrons. The Morgan fingerprint density at radius 1 is 1.10 bits per heavy atom. The predicted molar refractivity (Wildman–Crippen MR) is 88.3 cm³/mol. The second-order valence-corrected chi connectivity index (χ2v) is 5.70. The van der Waals surface area contributed by atoms with Gasteiger partial charge in [-0.1, -0.05) is 48.9 Å². The second kappa shape index (κ2) is 6.92. The number of halogens is 1. The van der Waals surface area contributed by atoms with Gasteiger partial charge in [0.05, 0.1) is 0 Å². The largest absolute Gasteiger partial charge is 0.330 e. The average Bonchev–Trinajstić information content (AvgIpc) is 2.47. The number of aryl methyl sites for hydroxylation is 1. The van der Waals surface area contributed by atoms with Crippen molar-refractivity contribution in [3.8, 4) is 11.1 Å². The second-order valence-electron chi connectivity index (χ2n) is 5.26. The van der Waals surface area contributed by atoms with Gasteiger partial charge in [0.2, 0.25) is 0 Å². The standard InChI is InChI=1S/C18H22ClN/c1-3-14(10-11-20)15-5-7-16(8-6-15)18-12-17(19)9-4-13(18)2/h4-9,12,14H,3,10-11,20H2,1-2H3. The summed E-state index contributed by atoms with van der Waals surface area (Å²) in [7, 11) is 0. The Hall–Kier alpha value is -1.31. The molecule has 0 amide bonds.